The van der Waals surface area contributed by atoms with Crippen LogP contribution in [0.25, 0.3) is 10.8 Å². The highest BCUT2D eigenvalue weighted by atomic mass is 19.3. The molecule has 0 aliphatic heterocycles. The van der Waals surface area contributed by atoms with Crippen molar-refractivity contribution in [1.29, 1.82) is 0 Å². The first-order chi connectivity index (χ1) is 13.5. The second-order valence-electron chi connectivity index (χ2n) is 6.43. The third kappa shape index (κ3) is 4.76. The molecule has 1 atom stereocenters. The Hall–Kier alpha value is -3.15. The van der Waals surface area contributed by atoms with Gasteiger partial charge in [-0.3, -0.25) is 4.79 Å². The molecule has 0 radical (unpaired) electrons. The third-order valence-electron chi connectivity index (χ3n) is 4.58. The van der Waals surface area contributed by atoms with Crippen molar-refractivity contribution >= 4 is 16.7 Å². The third-order valence-corrected chi connectivity index (χ3v) is 4.58. The molecule has 3 rings (SSSR count). The first-order valence-corrected chi connectivity index (χ1v) is 8.85. The summed E-state index contributed by atoms with van der Waals surface area (Å²) in [5, 5.41) is 4.95. The van der Waals surface area contributed by atoms with Crippen LogP contribution in [0.2, 0.25) is 0 Å². The summed E-state index contributed by atoms with van der Waals surface area (Å²) < 4.78 is 33.9. The molecule has 0 fully saturated rings. The molecule has 6 heteroatoms. The molecule has 28 heavy (non-hydrogen) atoms. The molecule has 1 N–H and O–H groups in total. The number of alkyl halides is 2. The fourth-order valence-corrected chi connectivity index (χ4v) is 2.92. The number of halogens is 2. The van der Waals surface area contributed by atoms with Crippen LogP contribution in [0.15, 0.2) is 60.7 Å². The number of carbonyl (C=O) groups excluding carboxylic acids is 1. The molecule has 0 bridgehead atoms. The first kappa shape index (κ1) is 19.6. The summed E-state index contributed by atoms with van der Waals surface area (Å²) in [5.74, 6) is 0.441. The van der Waals surface area contributed by atoms with Crippen LogP contribution in [0.1, 0.15) is 24.0 Å². The zero-order valence-electron chi connectivity index (χ0n) is 15.6. The summed E-state index contributed by atoms with van der Waals surface area (Å²) in [6, 6.07) is 17.9. The van der Waals surface area contributed by atoms with Crippen LogP contribution in [0.3, 0.4) is 0 Å². The molecular formula is C22H21F2NO3. The number of ether oxygens (including phenoxy) is 2. The Balaban J connectivity index is 1.63. The highest BCUT2D eigenvalue weighted by Crippen LogP contribution is 2.25. The number of hydrogen-bond donors (Lipinski definition) is 1. The lowest BCUT2D eigenvalue weighted by atomic mass is 9.97. The molecule has 3 aromatic carbocycles. The lowest BCUT2D eigenvalue weighted by molar-refractivity contribution is -0.122. The van der Waals surface area contributed by atoms with Crippen LogP contribution in [0, 0.1) is 0 Å². The summed E-state index contributed by atoms with van der Waals surface area (Å²) in [6.07, 6.45) is 0. The fraction of sp³-hybridized carbons (Fsp3) is 0.227. The topological polar surface area (TPSA) is 47.6 Å². The van der Waals surface area contributed by atoms with E-state index in [1.165, 1.54) is 12.1 Å². The van der Waals surface area contributed by atoms with Gasteiger partial charge in [-0.1, -0.05) is 36.4 Å². The van der Waals surface area contributed by atoms with Gasteiger partial charge in [0.15, 0.2) is 0 Å². The number of fused-ring (bicyclic) bond motifs is 1. The first-order valence-electron chi connectivity index (χ1n) is 8.85. The van der Waals surface area contributed by atoms with E-state index >= 15 is 0 Å². The Bertz CT molecular complexity index is 958. The van der Waals surface area contributed by atoms with E-state index in [4.69, 9.17) is 4.74 Å². The van der Waals surface area contributed by atoms with Gasteiger partial charge in [-0.15, -0.1) is 0 Å². The summed E-state index contributed by atoms with van der Waals surface area (Å²) in [4.78, 5) is 12.5. The maximum Gasteiger partial charge on any atom is 0.387 e. The van der Waals surface area contributed by atoms with Gasteiger partial charge in [0.25, 0.3) is 0 Å². The van der Waals surface area contributed by atoms with Crippen LogP contribution in [-0.4, -0.2) is 19.6 Å². The van der Waals surface area contributed by atoms with Gasteiger partial charge in [0.2, 0.25) is 5.91 Å². The zero-order chi connectivity index (χ0) is 20.1. The van der Waals surface area contributed by atoms with Gasteiger partial charge in [-0.05, 0) is 53.1 Å². The largest absolute Gasteiger partial charge is 0.497 e. The SMILES string of the molecule is COc1ccc2cc([C@H](C)C(=O)NCc3ccc(OC(F)F)cc3)ccc2c1. The van der Waals surface area contributed by atoms with Crippen LogP contribution < -0.4 is 14.8 Å². The van der Waals surface area contributed by atoms with Crippen molar-refractivity contribution in [3.8, 4) is 11.5 Å². The number of carbonyl (C=O) groups is 1. The van der Waals surface area contributed by atoms with E-state index in [0.717, 1.165) is 27.6 Å². The minimum atomic E-state index is -2.85. The molecular weight excluding hydrogens is 364 g/mol. The van der Waals surface area contributed by atoms with E-state index in [0.29, 0.717) is 6.54 Å². The maximum atomic E-state index is 12.5. The zero-order valence-corrected chi connectivity index (χ0v) is 15.6. The molecule has 0 aromatic heterocycles. The number of hydrogen-bond acceptors (Lipinski definition) is 3. The number of rotatable bonds is 7. The van der Waals surface area contributed by atoms with Crippen molar-refractivity contribution in [2.75, 3.05) is 7.11 Å². The summed E-state index contributed by atoms with van der Waals surface area (Å²) in [5.41, 5.74) is 1.71. The number of benzene rings is 3. The van der Waals surface area contributed by atoms with Gasteiger partial charge < -0.3 is 14.8 Å². The van der Waals surface area contributed by atoms with Gasteiger partial charge in [-0.2, -0.15) is 8.78 Å². The molecule has 0 unspecified atom stereocenters. The van der Waals surface area contributed by atoms with E-state index in [-0.39, 0.29) is 17.6 Å². The molecule has 0 heterocycles. The van der Waals surface area contributed by atoms with Gasteiger partial charge in [0, 0.05) is 6.54 Å². The molecule has 0 spiro atoms. The summed E-state index contributed by atoms with van der Waals surface area (Å²) in [7, 11) is 1.63. The van der Waals surface area contributed by atoms with Crippen LogP contribution >= 0.6 is 0 Å². The van der Waals surface area contributed by atoms with Gasteiger partial charge in [-0.25, -0.2) is 0 Å². The predicted molar refractivity (Wildman–Crippen MR) is 104 cm³/mol. The Morgan fingerprint density at radius 3 is 2.29 bits per heavy atom. The smallest absolute Gasteiger partial charge is 0.387 e. The minimum Gasteiger partial charge on any atom is -0.497 e. The normalized spacial score (nSPS) is 12.0. The average molecular weight is 385 g/mol. The van der Waals surface area contributed by atoms with Crippen LogP contribution in [-0.2, 0) is 11.3 Å². The van der Waals surface area contributed by atoms with Crippen molar-refractivity contribution in [2.45, 2.75) is 26.0 Å². The molecule has 0 saturated carbocycles. The number of methoxy groups -OCH3 is 1. The van der Waals surface area contributed by atoms with Crippen molar-refractivity contribution in [3.05, 3.63) is 71.8 Å². The Morgan fingerprint density at radius 1 is 0.964 bits per heavy atom. The molecule has 4 nitrogen and oxygen atoms in total. The van der Waals surface area contributed by atoms with E-state index in [9.17, 15) is 13.6 Å². The Labute approximate surface area is 162 Å². The molecule has 146 valence electrons. The average Bonchev–Trinajstić information content (AvgIpc) is 2.71. The lowest BCUT2D eigenvalue weighted by Gasteiger charge is -2.14. The maximum absolute atomic E-state index is 12.5. The molecule has 0 aliphatic rings. The number of nitrogens with one attached hydrogen (secondary N) is 1. The highest BCUT2D eigenvalue weighted by Gasteiger charge is 2.15. The Morgan fingerprint density at radius 2 is 1.61 bits per heavy atom. The van der Waals surface area contributed by atoms with E-state index in [1.54, 1.807) is 19.2 Å². The molecule has 3 aromatic rings. The second-order valence-corrected chi connectivity index (χ2v) is 6.43. The molecule has 1 amide bonds. The molecule has 0 aliphatic carbocycles. The second kappa shape index (κ2) is 8.69. The van der Waals surface area contributed by atoms with Crippen molar-refractivity contribution in [3.63, 3.8) is 0 Å². The number of amides is 1. The fourth-order valence-electron chi connectivity index (χ4n) is 2.92. The van der Waals surface area contributed by atoms with Gasteiger partial charge in [0.1, 0.15) is 11.5 Å². The summed E-state index contributed by atoms with van der Waals surface area (Å²) in [6.45, 7) is -0.697. The molecule has 0 saturated heterocycles. The predicted octanol–water partition coefficient (Wildman–Crippen LogP) is 4.87. The quantitative estimate of drug-likeness (QED) is 0.631. The van der Waals surface area contributed by atoms with E-state index < -0.39 is 6.61 Å². The summed E-state index contributed by atoms with van der Waals surface area (Å²) >= 11 is 0. The van der Waals surface area contributed by atoms with Gasteiger partial charge in [0.05, 0.1) is 13.0 Å². The van der Waals surface area contributed by atoms with Gasteiger partial charge >= 0.3 is 6.61 Å². The van der Waals surface area contributed by atoms with E-state index in [1.807, 2.05) is 43.3 Å². The standard InChI is InChI=1S/C22H21F2NO3/c1-14(16-5-6-18-12-20(27-2)10-7-17(18)11-16)21(26)25-13-15-3-8-19(9-4-15)28-22(23)24/h3-12,14,22H,13H2,1-2H3,(H,25,26)/t14-/m0/s1. The van der Waals surface area contributed by atoms with Crippen LogP contribution in [0.4, 0.5) is 8.78 Å². The van der Waals surface area contributed by atoms with Crippen molar-refractivity contribution < 1.29 is 23.0 Å². The van der Waals surface area contributed by atoms with Crippen molar-refractivity contribution in [2.24, 2.45) is 0 Å². The van der Waals surface area contributed by atoms with Crippen molar-refractivity contribution in [1.82, 2.24) is 5.32 Å². The highest BCUT2D eigenvalue weighted by molar-refractivity contribution is 5.88. The Kier molecular flexibility index (Phi) is 6.09. The van der Waals surface area contributed by atoms with E-state index in [2.05, 4.69) is 10.1 Å². The lowest BCUT2D eigenvalue weighted by Crippen LogP contribution is -2.27. The monoisotopic (exact) mass is 385 g/mol. The minimum absolute atomic E-state index is 0.0891. The van der Waals surface area contributed by atoms with Crippen LogP contribution in [0.5, 0.6) is 11.5 Å².